The van der Waals surface area contributed by atoms with Crippen molar-refractivity contribution < 1.29 is 5.11 Å². The Hall–Kier alpha value is -1.91. The fraction of sp³-hybridized carbons (Fsp3) is 0.522. The lowest BCUT2D eigenvalue weighted by Gasteiger charge is -2.34. The average Bonchev–Trinajstić information content (AvgIpc) is 2.74. The molecule has 0 bridgehead atoms. The molecule has 27 heavy (non-hydrogen) atoms. The minimum atomic E-state index is -0.0929. The first-order chi connectivity index (χ1) is 13.3. The van der Waals surface area contributed by atoms with Crippen LogP contribution in [0, 0.1) is 0 Å². The fourth-order valence-corrected chi connectivity index (χ4v) is 4.45. The summed E-state index contributed by atoms with van der Waals surface area (Å²) in [5.74, 6) is 0.614. The highest BCUT2D eigenvalue weighted by Crippen LogP contribution is 2.29. The molecule has 1 saturated carbocycles. The van der Waals surface area contributed by atoms with Crippen LogP contribution in [0.1, 0.15) is 55.7 Å². The van der Waals surface area contributed by atoms with Gasteiger partial charge in [-0.25, -0.2) is 0 Å². The normalized spacial score (nSPS) is 26.1. The van der Waals surface area contributed by atoms with E-state index in [9.17, 15) is 5.11 Å². The Bertz CT molecular complexity index is 695. The molecule has 0 spiro atoms. The summed E-state index contributed by atoms with van der Waals surface area (Å²) in [5.41, 5.74) is 3.79. The minimum absolute atomic E-state index is 0.0929. The highest BCUT2D eigenvalue weighted by molar-refractivity contribution is 5.46. The van der Waals surface area contributed by atoms with Crippen molar-refractivity contribution >= 4 is 5.69 Å². The molecule has 1 aromatic carbocycles. The van der Waals surface area contributed by atoms with Crippen molar-refractivity contribution in [2.75, 3.05) is 18.0 Å². The lowest BCUT2D eigenvalue weighted by Crippen LogP contribution is -2.35. The molecule has 4 rings (SSSR count). The Morgan fingerprint density at radius 1 is 1.00 bits per heavy atom. The molecule has 4 heteroatoms. The number of nitrogens with zero attached hydrogens (tertiary/aromatic N) is 2. The molecular formula is C23H31N3O. The van der Waals surface area contributed by atoms with Crippen molar-refractivity contribution in [2.45, 2.75) is 63.1 Å². The van der Waals surface area contributed by atoms with E-state index >= 15 is 0 Å². The number of anilines is 1. The van der Waals surface area contributed by atoms with E-state index in [4.69, 9.17) is 4.98 Å². The highest BCUT2D eigenvalue weighted by Gasteiger charge is 2.22. The van der Waals surface area contributed by atoms with Gasteiger partial charge in [0.1, 0.15) is 0 Å². The van der Waals surface area contributed by atoms with Crippen LogP contribution in [0.2, 0.25) is 0 Å². The number of pyridine rings is 1. The van der Waals surface area contributed by atoms with Gasteiger partial charge in [0.25, 0.3) is 0 Å². The summed E-state index contributed by atoms with van der Waals surface area (Å²) in [6.45, 7) is 3.01. The molecule has 1 atom stereocenters. The molecule has 144 valence electrons. The molecule has 2 heterocycles. The van der Waals surface area contributed by atoms with Crippen molar-refractivity contribution in [2.24, 2.45) is 0 Å². The fourth-order valence-electron chi connectivity index (χ4n) is 4.45. The summed E-state index contributed by atoms with van der Waals surface area (Å²) in [5, 5.41) is 13.2. The maximum atomic E-state index is 9.61. The monoisotopic (exact) mass is 365 g/mol. The molecule has 4 nitrogen and oxygen atoms in total. The predicted octanol–water partition coefficient (Wildman–Crippen LogP) is 3.86. The van der Waals surface area contributed by atoms with E-state index in [2.05, 4.69) is 52.7 Å². The molecular weight excluding hydrogens is 334 g/mol. The summed E-state index contributed by atoms with van der Waals surface area (Å²) in [6, 6.07) is 15.8. The van der Waals surface area contributed by atoms with Crippen LogP contribution in [0.4, 0.5) is 5.69 Å². The molecule has 1 aliphatic carbocycles. The van der Waals surface area contributed by atoms with Crippen LogP contribution in [0.25, 0.3) is 0 Å². The first kappa shape index (κ1) is 18.5. The molecule has 1 aliphatic heterocycles. The zero-order chi connectivity index (χ0) is 18.5. The van der Waals surface area contributed by atoms with Crippen molar-refractivity contribution in [3.05, 3.63) is 59.9 Å². The van der Waals surface area contributed by atoms with Gasteiger partial charge in [-0.3, -0.25) is 4.98 Å². The summed E-state index contributed by atoms with van der Waals surface area (Å²) in [4.78, 5) is 7.18. The molecule has 2 fully saturated rings. The van der Waals surface area contributed by atoms with Crippen LogP contribution < -0.4 is 10.2 Å². The summed E-state index contributed by atoms with van der Waals surface area (Å²) >= 11 is 0. The predicted molar refractivity (Wildman–Crippen MR) is 110 cm³/mol. The number of aromatic nitrogens is 1. The third-order valence-corrected chi connectivity index (χ3v) is 6.14. The summed E-state index contributed by atoms with van der Waals surface area (Å²) in [7, 11) is 0. The van der Waals surface area contributed by atoms with Gasteiger partial charge in [0.05, 0.1) is 23.7 Å². The smallest absolute Gasteiger partial charge is 0.0553 e. The van der Waals surface area contributed by atoms with Crippen LogP contribution in [0.5, 0.6) is 0 Å². The number of hydrogen-bond donors (Lipinski definition) is 2. The van der Waals surface area contributed by atoms with E-state index in [1.165, 1.54) is 24.1 Å². The quantitative estimate of drug-likeness (QED) is 0.845. The van der Waals surface area contributed by atoms with Gasteiger partial charge in [-0.05, 0) is 56.2 Å². The van der Waals surface area contributed by atoms with Gasteiger partial charge in [-0.1, -0.05) is 30.3 Å². The van der Waals surface area contributed by atoms with Crippen molar-refractivity contribution in [3.63, 3.8) is 0 Å². The Morgan fingerprint density at radius 3 is 2.56 bits per heavy atom. The third kappa shape index (κ3) is 4.88. The maximum Gasteiger partial charge on any atom is 0.0553 e. The van der Waals surface area contributed by atoms with Crippen molar-refractivity contribution in [3.8, 4) is 0 Å². The van der Waals surface area contributed by atoms with E-state index in [1.807, 2.05) is 6.20 Å². The number of rotatable bonds is 5. The van der Waals surface area contributed by atoms with Crippen LogP contribution in [0.3, 0.4) is 0 Å². The number of aliphatic hydroxyl groups excluding tert-OH is 1. The van der Waals surface area contributed by atoms with E-state index in [0.29, 0.717) is 12.0 Å². The number of nitrogens with one attached hydrogen (secondary N) is 1. The lowest BCUT2D eigenvalue weighted by molar-refractivity contribution is 0.116. The van der Waals surface area contributed by atoms with Crippen molar-refractivity contribution in [1.29, 1.82) is 0 Å². The number of hydrogen-bond acceptors (Lipinski definition) is 4. The third-order valence-electron chi connectivity index (χ3n) is 6.14. The average molecular weight is 366 g/mol. The van der Waals surface area contributed by atoms with E-state index in [-0.39, 0.29) is 6.10 Å². The molecule has 1 aromatic heterocycles. The van der Waals surface area contributed by atoms with E-state index in [0.717, 1.165) is 51.0 Å². The molecule has 0 amide bonds. The van der Waals surface area contributed by atoms with Crippen molar-refractivity contribution in [1.82, 2.24) is 10.3 Å². The molecule has 1 saturated heterocycles. The van der Waals surface area contributed by atoms with Gasteiger partial charge in [-0.15, -0.1) is 0 Å². The van der Waals surface area contributed by atoms with E-state index < -0.39 is 0 Å². The Labute approximate surface area is 162 Å². The van der Waals surface area contributed by atoms with Gasteiger partial charge in [0, 0.05) is 31.6 Å². The van der Waals surface area contributed by atoms with E-state index in [1.54, 1.807) is 0 Å². The molecule has 0 radical (unpaired) electrons. The van der Waals surface area contributed by atoms with Gasteiger partial charge in [0.2, 0.25) is 0 Å². The van der Waals surface area contributed by atoms with Gasteiger partial charge in [0.15, 0.2) is 0 Å². The Kier molecular flexibility index (Phi) is 6.05. The van der Waals surface area contributed by atoms with Crippen LogP contribution in [-0.4, -0.2) is 35.3 Å². The number of aliphatic hydroxyl groups is 1. The topological polar surface area (TPSA) is 48.4 Å². The second kappa shape index (κ2) is 8.85. The Morgan fingerprint density at radius 2 is 1.81 bits per heavy atom. The summed E-state index contributed by atoms with van der Waals surface area (Å²) < 4.78 is 0. The maximum absolute atomic E-state index is 9.61. The minimum Gasteiger partial charge on any atom is -0.393 e. The molecule has 1 unspecified atom stereocenters. The molecule has 2 aromatic rings. The van der Waals surface area contributed by atoms with Crippen LogP contribution >= 0.6 is 0 Å². The second-order valence-electron chi connectivity index (χ2n) is 8.09. The Balaban J connectivity index is 1.32. The molecule has 2 N–H and O–H groups in total. The number of piperidine rings is 1. The summed E-state index contributed by atoms with van der Waals surface area (Å²) in [6.07, 6.45) is 8.41. The SMILES string of the molecule is OC1CCC(NCc2ccc(N3CCCC(c4ccccc4)C3)cn2)CC1. The first-order valence-electron chi connectivity index (χ1n) is 10.4. The zero-order valence-electron chi connectivity index (χ0n) is 16.1. The zero-order valence-corrected chi connectivity index (χ0v) is 16.1. The first-order valence-corrected chi connectivity index (χ1v) is 10.4. The van der Waals surface area contributed by atoms with Gasteiger partial charge >= 0.3 is 0 Å². The van der Waals surface area contributed by atoms with Crippen LogP contribution in [0.15, 0.2) is 48.7 Å². The second-order valence-corrected chi connectivity index (χ2v) is 8.09. The van der Waals surface area contributed by atoms with Gasteiger partial charge < -0.3 is 15.3 Å². The lowest BCUT2D eigenvalue weighted by atomic mass is 9.90. The molecule has 2 aliphatic rings. The number of benzene rings is 1. The standard InChI is InChI=1S/C23H31N3O/c27-23-12-9-20(10-13-23)24-15-21-8-11-22(16-25-21)26-14-4-7-19(17-26)18-5-2-1-3-6-18/h1-3,5-6,8,11,16,19-20,23-24,27H,4,7,9-10,12-15,17H2. The van der Waals surface area contributed by atoms with Crippen LogP contribution in [-0.2, 0) is 6.54 Å². The largest absolute Gasteiger partial charge is 0.393 e. The highest BCUT2D eigenvalue weighted by atomic mass is 16.3. The van der Waals surface area contributed by atoms with Gasteiger partial charge in [-0.2, -0.15) is 0 Å².